The lowest BCUT2D eigenvalue weighted by molar-refractivity contribution is 0.0958. The summed E-state index contributed by atoms with van der Waals surface area (Å²) in [5.41, 5.74) is 4.98. The van der Waals surface area contributed by atoms with E-state index >= 15 is 0 Å². The number of hydrazone groups is 1. The van der Waals surface area contributed by atoms with Gasteiger partial charge in [0.25, 0.3) is 5.91 Å². The Balaban J connectivity index is 1.69. The van der Waals surface area contributed by atoms with E-state index in [1.807, 2.05) is 36.4 Å². The Bertz CT molecular complexity index is 934. The van der Waals surface area contributed by atoms with Crippen molar-refractivity contribution in [1.82, 2.24) is 10.4 Å². The molecular formula is C19H16ClN3O2S. The zero-order chi connectivity index (χ0) is 18.5. The van der Waals surface area contributed by atoms with Crippen LogP contribution in [-0.4, -0.2) is 24.2 Å². The molecular weight excluding hydrogens is 370 g/mol. The monoisotopic (exact) mass is 385 g/mol. The maximum absolute atomic E-state index is 12.4. The third-order valence-electron chi connectivity index (χ3n) is 3.59. The quantitative estimate of drug-likeness (QED) is 0.517. The van der Waals surface area contributed by atoms with Gasteiger partial charge in [-0.05, 0) is 48.9 Å². The second-order valence-corrected chi connectivity index (χ2v) is 6.85. The van der Waals surface area contributed by atoms with Crippen molar-refractivity contribution in [3.05, 3.63) is 69.7 Å². The van der Waals surface area contributed by atoms with Gasteiger partial charge in [0.15, 0.2) is 0 Å². The van der Waals surface area contributed by atoms with E-state index in [0.29, 0.717) is 15.6 Å². The van der Waals surface area contributed by atoms with Crippen molar-refractivity contribution < 1.29 is 9.53 Å². The van der Waals surface area contributed by atoms with Crippen LogP contribution in [0.2, 0.25) is 5.02 Å². The minimum Gasteiger partial charge on any atom is -0.497 e. The predicted octanol–water partition coefficient (Wildman–Crippen LogP) is 4.54. The molecule has 0 radical (unpaired) electrons. The van der Waals surface area contributed by atoms with E-state index in [-0.39, 0.29) is 5.91 Å². The molecule has 1 amide bonds. The molecule has 0 atom stereocenters. The van der Waals surface area contributed by atoms with Gasteiger partial charge in [0.2, 0.25) is 0 Å². The van der Waals surface area contributed by atoms with Gasteiger partial charge in [0, 0.05) is 10.6 Å². The normalized spacial score (nSPS) is 10.9. The van der Waals surface area contributed by atoms with Gasteiger partial charge in [-0.1, -0.05) is 23.7 Å². The number of amides is 1. The van der Waals surface area contributed by atoms with E-state index in [2.05, 4.69) is 15.5 Å². The fourth-order valence-electron chi connectivity index (χ4n) is 2.23. The van der Waals surface area contributed by atoms with Crippen molar-refractivity contribution in [3.63, 3.8) is 0 Å². The Hall–Kier alpha value is -2.70. The highest BCUT2D eigenvalue weighted by Crippen LogP contribution is 2.28. The SMILES string of the molecule is COc1ccc(/C=N/NC(=O)c2sc(-c3ccc(Cl)cc3)nc2C)cc1. The second kappa shape index (κ2) is 8.12. The third-order valence-corrected chi connectivity index (χ3v) is 5.05. The number of thiazole rings is 1. The zero-order valence-corrected chi connectivity index (χ0v) is 15.8. The molecule has 0 fully saturated rings. The van der Waals surface area contributed by atoms with Crippen molar-refractivity contribution in [2.45, 2.75) is 6.92 Å². The van der Waals surface area contributed by atoms with Crippen LogP contribution in [0.1, 0.15) is 20.9 Å². The maximum atomic E-state index is 12.4. The summed E-state index contributed by atoms with van der Waals surface area (Å²) in [7, 11) is 1.61. The number of hydrogen-bond acceptors (Lipinski definition) is 5. The lowest BCUT2D eigenvalue weighted by Crippen LogP contribution is -2.17. The molecule has 0 aliphatic rings. The van der Waals surface area contributed by atoms with Gasteiger partial charge in [-0.15, -0.1) is 11.3 Å². The number of ether oxygens (including phenoxy) is 1. The van der Waals surface area contributed by atoms with E-state index < -0.39 is 0 Å². The van der Waals surface area contributed by atoms with Crippen molar-refractivity contribution >= 4 is 35.1 Å². The molecule has 1 aromatic heterocycles. The lowest BCUT2D eigenvalue weighted by atomic mass is 10.2. The first kappa shape index (κ1) is 18.1. The summed E-state index contributed by atoms with van der Waals surface area (Å²) in [5.74, 6) is 0.478. The molecule has 3 rings (SSSR count). The van der Waals surface area contributed by atoms with Gasteiger partial charge in [-0.25, -0.2) is 10.4 Å². The number of halogens is 1. The highest BCUT2D eigenvalue weighted by atomic mass is 35.5. The van der Waals surface area contributed by atoms with Crippen LogP contribution < -0.4 is 10.2 Å². The summed E-state index contributed by atoms with van der Waals surface area (Å²) in [4.78, 5) is 17.4. The molecule has 3 aromatic rings. The first-order valence-electron chi connectivity index (χ1n) is 7.77. The number of nitrogens with zero attached hydrogens (tertiary/aromatic N) is 2. The van der Waals surface area contributed by atoms with Gasteiger partial charge in [0.1, 0.15) is 15.6 Å². The average Bonchev–Trinajstić information content (AvgIpc) is 3.04. The van der Waals surface area contributed by atoms with Crippen LogP contribution in [0.3, 0.4) is 0 Å². The molecule has 0 spiro atoms. The Morgan fingerprint density at radius 1 is 1.19 bits per heavy atom. The number of carbonyl (C=O) groups is 1. The van der Waals surface area contributed by atoms with Gasteiger partial charge >= 0.3 is 0 Å². The summed E-state index contributed by atoms with van der Waals surface area (Å²) in [6.07, 6.45) is 1.58. The average molecular weight is 386 g/mol. The van der Waals surface area contributed by atoms with Crippen molar-refractivity contribution in [2.75, 3.05) is 7.11 Å². The molecule has 0 aliphatic carbocycles. The van der Waals surface area contributed by atoms with Crippen LogP contribution in [-0.2, 0) is 0 Å². The van der Waals surface area contributed by atoms with Gasteiger partial charge in [-0.2, -0.15) is 5.10 Å². The standard InChI is InChI=1S/C19H16ClN3O2S/c1-12-17(26-19(22-12)14-5-7-15(20)8-6-14)18(24)23-21-11-13-3-9-16(25-2)10-4-13/h3-11H,1-2H3,(H,23,24)/b21-11+. The van der Waals surface area contributed by atoms with Crippen LogP contribution >= 0.6 is 22.9 Å². The van der Waals surface area contributed by atoms with Crippen LogP contribution in [0, 0.1) is 6.92 Å². The maximum Gasteiger partial charge on any atom is 0.283 e. The summed E-state index contributed by atoms with van der Waals surface area (Å²) in [5, 5.41) is 5.43. The smallest absolute Gasteiger partial charge is 0.283 e. The molecule has 132 valence electrons. The molecule has 0 saturated carbocycles. The molecule has 0 unspecified atom stereocenters. The minimum absolute atomic E-state index is 0.287. The number of methoxy groups -OCH3 is 1. The van der Waals surface area contributed by atoms with Gasteiger partial charge < -0.3 is 4.74 Å². The highest BCUT2D eigenvalue weighted by molar-refractivity contribution is 7.17. The minimum atomic E-state index is -0.287. The Labute approximate surface area is 160 Å². The number of nitrogens with one attached hydrogen (secondary N) is 1. The molecule has 26 heavy (non-hydrogen) atoms. The van der Waals surface area contributed by atoms with E-state index in [9.17, 15) is 4.79 Å². The van der Waals surface area contributed by atoms with Crippen molar-refractivity contribution in [3.8, 4) is 16.3 Å². The largest absolute Gasteiger partial charge is 0.497 e. The summed E-state index contributed by atoms with van der Waals surface area (Å²) < 4.78 is 5.10. The fraction of sp³-hybridized carbons (Fsp3) is 0.105. The topological polar surface area (TPSA) is 63.6 Å². The first-order chi connectivity index (χ1) is 12.6. The van der Waals surface area contributed by atoms with Gasteiger partial charge in [-0.3, -0.25) is 4.79 Å². The van der Waals surface area contributed by atoms with E-state index in [4.69, 9.17) is 16.3 Å². The number of rotatable bonds is 5. The van der Waals surface area contributed by atoms with Crippen LogP contribution in [0.5, 0.6) is 5.75 Å². The van der Waals surface area contributed by atoms with Gasteiger partial charge in [0.05, 0.1) is 19.0 Å². The molecule has 0 bridgehead atoms. The number of benzene rings is 2. The van der Waals surface area contributed by atoms with E-state index in [1.165, 1.54) is 11.3 Å². The fourth-order valence-corrected chi connectivity index (χ4v) is 3.32. The predicted molar refractivity (Wildman–Crippen MR) is 105 cm³/mol. The second-order valence-electron chi connectivity index (χ2n) is 5.41. The zero-order valence-electron chi connectivity index (χ0n) is 14.2. The first-order valence-corrected chi connectivity index (χ1v) is 8.97. The number of aromatic nitrogens is 1. The summed E-state index contributed by atoms with van der Waals surface area (Å²) in [6, 6.07) is 14.7. The molecule has 2 aromatic carbocycles. The molecule has 5 nitrogen and oxygen atoms in total. The third kappa shape index (κ3) is 4.28. The highest BCUT2D eigenvalue weighted by Gasteiger charge is 2.15. The number of hydrogen-bond donors (Lipinski definition) is 1. The van der Waals surface area contributed by atoms with Crippen LogP contribution in [0.15, 0.2) is 53.6 Å². The molecule has 1 heterocycles. The number of aryl methyl sites for hydroxylation is 1. The lowest BCUT2D eigenvalue weighted by Gasteiger charge is -1.99. The van der Waals surface area contributed by atoms with Crippen molar-refractivity contribution in [1.29, 1.82) is 0 Å². The molecule has 7 heteroatoms. The number of carbonyl (C=O) groups excluding carboxylic acids is 1. The Morgan fingerprint density at radius 3 is 2.54 bits per heavy atom. The summed E-state index contributed by atoms with van der Waals surface area (Å²) >= 11 is 7.23. The molecule has 1 N–H and O–H groups in total. The van der Waals surface area contributed by atoms with Crippen LogP contribution in [0.4, 0.5) is 0 Å². The summed E-state index contributed by atoms with van der Waals surface area (Å²) in [6.45, 7) is 1.80. The van der Waals surface area contributed by atoms with Crippen molar-refractivity contribution in [2.24, 2.45) is 5.10 Å². The van der Waals surface area contributed by atoms with E-state index in [1.54, 1.807) is 32.4 Å². The molecule has 0 aliphatic heterocycles. The Morgan fingerprint density at radius 2 is 1.88 bits per heavy atom. The van der Waals surface area contributed by atoms with Crippen LogP contribution in [0.25, 0.3) is 10.6 Å². The Kier molecular flexibility index (Phi) is 5.65. The van der Waals surface area contributed by atoms with E-state index in [0.717, 1.165) is 21.9 Å². The molecule has 0 saturated heterocycles.